The van der Waals surface area contributed by atoms with E-state index in [1.807, 2.05) is 0 Å². The minimum absolute atomic E-state index is 0.172. The largest absolute Gasteiger partial charge is 0.458 e. The van der Waals surface area contributed by atoms with Gasteiger partial charge in [-0.25, -0.2) is 9.59 Å². The Morgan fingerprint density at radius 2 is 2.23 bits per heavy atom. The Morgan fingerprint density at radius 3 is 2.85 bits per heavy atom. The van der Waals surface area contributed by atoms with Crippen LogP contribution in [0.15, 0.2) is 47.1 Å². The van der Waals surface area contributed by atoms with E-state index in [1.165, 1.54) is 0 Å². The summed E-state index contributed by atoms with van der Waals surface area (Å²) in [5.74, 6) is -1.69. The molecule has 6 nitrogen and oxygen atoms in total. The van der Waals surface area contributed by atoms with E-state index in [-0.39, 0.29) is 18.6 Å². The van der Waals surface area contributed by atoms with E-state index in [4.69, 9.17) is 9.47 Å². The summed E-state index contributed by atoms with van der Waals surface area (Å²) < 4.78 is 11.0. The summed E-state index contributed by atoms with van der Waals surface area (Å²) >= 11 is 0. The first-order valence-corrected chi connectivity index (χ1v) is 8.59. The molecule has 0 aromatic rings. The van der Waals surface area contributed by atoms with Gasteiger partial charge in [-0.05, 0) is 43.9 Å². The van der Waals surface area contributed by atoms with Crippen LogP contribution in [-0.4, -0.2) is 42.1 Å². The Labute approximate surface area is 152 Å². The molecule has 1 aliphatic carbocycles. The third-order valence-electron chi connectivity index (χ3n) is 4.74. The minimum Gasteiger partial charge on any atom is -0.458 e. The lowest BCUT2D eigenvalue weighted by Crippen LogP contribution is -2.34. The maximum atomic E-state index is 12.3. The van der Waals surface area contributed by atoms with E-state index in [1.54, 1.807) is 32.1 Å². The molecule has 0 radical (unpaired) electrons. The minimum atomic E-state index is -0.771. The van der Waals surface area contributed by atoms with E-state index in [9.17, 15) is 19.5 Å². The van der Waals surface area contributed by atoms with Gasteiger partial charge in [0.15, 0.2) is 0 Å². The SMILES string of the molecule is C=C1C(=O)O[C@@H]2/C=C(/CO)CC/C=C(/C=O)C[C@H](OC(=O)/C(C)=C\C)[C@@H]12. The molecule has 1 N–H and O–H groups in total. The van der Waals surface area contributed by atoms with Crippen molar-refractivity contribution in [2.24, 2.45) is 5.92 Å². The summed E-state index contributed by atoms with van der Waals surface area (Å²) in [5, 5.41) is 9.55. The van der Waals surface area contributed by atoms with Crippen LogP contribution < -0.4 is 0 Å². The summed E-state index contributed by atoms with van der Waals surface area (Å²) in [6.45, 7) is 6.96. The average Bonchev–Trinajstić information content (AvgIpc) is 2.91. The van der Waals surface area contributed by atoms with Crippen LogP contribution in [0.2, 0.25) is 0 Å². The molecular formula is C20H24O6. The Kier molecular flexibility index (Phi) is 6.69. The van der Waals surface area contributed by atoms with Gasteiger partial charge >= 0.3 is 11.9 Å². The Balaban J connectivity index is 2.45. The maximum Gasteiger partial charge on any atom is 0.334 e. The maximum absolute atomic E-state index is 12.3. The van der Waals surface area contributed by atoms with E-state index in [2.05, 4.69) is 6.58 Å². The predicted molar refractivity (Wildman–Crippen MR) is 95.0 cm³/mol. The van der Waals surface area contributed by atoms with Crippen LogP contribution in [0.4, 0.5) is 0 Å². The molecule has 2 aliphatic rings. The topological polar surface area (TPSA) is 89.9 Å². The number of ether oxygens (including phenoxy) is 2. The molecule has 0 spiro atoms. The standard InChI is InChI=1S/C20H24O6/c1-4-12(2)19(23)25-16-8-14(10-21)6-5-7-15(11-22)9-17-18(16)13(3)20(24)26-17/h4,6,9-10,16-18,22H,3,5,7-8,11H2,1-2H3/b12-4-,14-6+,15-9+/t16-,17+,18+/m0/s1. The van der Waals surface area contributed by atoms with Gasteiger partial charge in [0.05, 0.1) is 12.5 Å². The van der Waals surface area contributed by atoms with E-state index in [0.29, 0.717) is 29.6 Å². The lowest BCUT2D eigenvalue weighted by Gasteiger charge is -2.27. The number of carbonyl (C=O) groups excluding carboxylic acids is 3. The second-order valence-electron chi connectivity index (χ2n) is 6.46. The normalized spacial score (nSPS) is 31.0. The van der Waals surface area contributed by atoms with Crippen molar-refractivity contribution in [3.63, 3.8) is 0 Å². The summed E-state index contributed by atoms with van der Waals surface area (Å²) in [6.07, 6.45) is 5.63. The van der Waals surface area contributed by atoms with Crippen molar-refractivity contribution >= 4 is 18.2 Å². The van der Waals surface area contributed by atoms with Crippen LogP contribution in [0.1, 0.15) is 33.1 Å². The molecule has 1 saturated heterocycles. The molecule has 1 heterocycles. The van der Waals surface area contributed by atoms with Crippen LogP contribution >= 0.6 is 0 Å². The van der Waals surface area contributed by atoms with Crippen LogP contribution in [0.5, 0.6) is 0 Å². The van der Waals surface area contributed by atoms with E-state index < -0.39 is 30.1 Å². The van der Waals surface area contributed by atoms with Gasteiger partial charge in [-0.1, -0.05) is 18.7 Å². The molecule has 0 aromatic heterocycles. The first-order valence-electron chi connectivity index (χ1n) is 8.59. The van der Waals surface area contributed by atoms with Crippen LogP contribution in [0.3, 0.4) is 0 Å². The highest BCUT2D eigenvalue weighted by Gasteiger charge is 2.44. The quantitative estimate of drug-likeness (QED) is 0.358. The van der Waals surface area contributed by atoms with Crippen molar-refractivity contribution in [1.82, 2.24) is 0 Å². The van der Waals surface area contributed by atoms with E-state index in [0.717, 1.165) is 6.29 Å². The predicted octanol–water partition coefficient (Wildman–Crippen LogP) is 2.19. The number of carbonyl (C=O) groups is 3. The number of allylic oxidation sites excluding steroid dienone is 2. The molecule has 0 amide bonds. The lowest BCUT2D eigenvalue weighted by atomic mass is 9.85. The highest BCUT2D eigenvalue weighted by Crippen LogP contribution is 2.36. The fraction of sp³-hybridized carbons (Fsp3) is 0.450. The van der Waals surface area contributed by atoms with Gasteiger partial charge in [0.1, 0.15) is 18.5 Å². The summed E-state index contributed by atoms with van der Waals surface area (Å²) in [5.41, 5.74) is 1.80. The van der Waals surface area contributed by atoms with Crippen molar-refractivity contribution in [2.45, 2.75) is 45.3 Å². The van der Waals surface area contributed by atoms with Gasteiger partial charge < -0.3 is 14.6 Å². The first kappa shape index (κ1) is 19.8. The number of aliphatic hydroxyl groups excluding tert-OH is 1. The molecule has 0 aromatic carbocycles. The fourth-order valence-electron chi connectivity index (χ4n) is 3.07. The van der Waals surface area contributed by atoms with Crippen molar-refractivity contribution in [1.29, 1.82) is 0 Å². The summed E-state index contributed by atoms with van der Waals surface area (Å²) in [7, 11) is 0. The molecule has 140 valence electrons. The highest BCUT2D eigenvalue weighted by atomic mass is 16.6. The van der Waals surface area contributed by atoms with Crippen LogP contribution in [-0.2, 0) is 23.9 Å². The fourth-order valence-corrected chi connectivity index (χ4v) is 3.07. The number of fused-ring (bicyclic) bond motifs is 1. The smallest absolute Gasteiger partial charge is 0.334 e. The van der Waals surface area contributed by atoms with Gasteiger partial charge in [-0.2, -0.15) is 0 Å². The van der Waals surface area contributed by atoms with Crippen LogP contribution in [0, 0.1) is 5.92 Å². The van der Waals surface area contributed by atoms with Gasteiger partial charge in [0.25, 0.3) is 0 Å². The lowest BCUT2D eigenvalue weighted by molar-refractivity contribution is -0.147. The molecule has 1 fully saturated rings. The number of aldehydes is 1. The zero-order chi connectivity index (χ0) is 19.3. The van der Waals surface area contributed by atoms with Gasteiger partial charge in [-0.3, -0.25) is 4.79 Å². The molecule has 26 heavy (non-hydrogen) atoms. The number of hydrogen-bond acceptors (Lipinski definition) is 6. The Hall–Kier alpha value is -2.47. The Morgan fingerprint density at radius 1 is 1.50 bits per heavy atom. The van der Waals surface area contributed by atoms with Crippen molar-refractivity contribution < 1.29 is 29.0 Å². The number of esters is 2. The number of aliphatic hydroxyl groups is 1. The summed E-state index contributed by atoms with van der Waals surface area (Å²) in [6, 6.07) is 0. The monoisotopic (exact) mass is 360 g/mol. The third-order valence-corrected chi connectivity index (χ3v) is 4.74. The zero-order valence-corrected chi connectivity index (χ0v) is 15.1. The first-order chi connectivity index (χ1) is 12.4. The molecule has 3 atom stereocenters. The van der Waals surface area contributed by atoms with Gasteiger partial charge in [-0.15, -0.1) is 0 Å². The summed E-state index contributed by atoms with van der Waals surface area (Å²) in [4.78, 5) is 35.8. The molecule has 0 unspecified atom stereocenters. The van der Waals surface area contributed by atoms with E-state index >= 15 is 0 Å². The third kappa shape index (κ3) is 4.38. The van der Waals surface area contributed by atoms with Gasteiger partial charge in [0.2, 0.25) is 0 Å². The Bertz CT molecular complexity index is 697. The zero-order valence-electron chi connectivity index (χ0n) is 15.1. The second-order valence-corrected chi connectivity index (χ2v) is 6.46. The average molecular weight is 360 g/mol. The second kappa shape index (κ2) is 8.76. The van der Waals surface area contributed by atoms with Crippen LogP contribution in [0.25, 0.3) is 0 Å². The molecule has 6 heteroatoms. The van der Waals surface area contributed by atoms with Crippen molar-refractivity contribution in [3.8, 4) is 0 Å². The molecular weight excluding hydrogens is 336 g/mol. The van der Waals surface area contributed by atoms with Crippen molar-refractivity contribution in [2.75, 3.05) is 6.61 Å². The molecule has 2 rings (SSSR count). The highest BCUT2D eigenvalue weighted by molar-refractivity contribution is 5.92. The molecule has 1 aliphatic heterocycles. The number of hydrogen-bond donors (Lipinski definition) is 1. The molecule has 0 saturated carbocycles. The molecule has 0 bridgehead atoms. The van der Waals surface area contributed by atoms with Crippen molar-refractivity contribution in [3.05, 3.63) is 47.1 Å². The number of rotatable bonds is 4. The van der Waals surface area contributed by atoms with Gasteiger partial charge in [0, 0.05) is 17.6 Å².